The van der Waals surface area contributed by atoms with Crippen LogP contribution in [0.25, 0.3) is 11.1 Å². The van der Waals surface area contributed by atoms with Crippen molar-refractivity contribution in [3.05, 3.63) is 54.6 Å². The van der Waals surface area contributed by atoms with Crippen LogP contribution in [0.15, 0.2) is 54.6 Å². The Morgan fingerprint density at radius 1 is 0.867 bits per heavy atom. The van der Waals surface area contributed by atoms with Crippen molar-refractivity contribution >= 4 is 13.2 Å². The van der Waals surface area contributed by atoms with Gasteiger partial charge in [0.25, 0.3) is 0 Å². The van der Waals surface area contributed by atoms with Gasteiger partial charge in [-0.3, -0.25) is 0 Å². The van der Waals surface area contributed by atoms with E-state index in [2.05, 4.69) is 0 Å². The van der Waals surface area contributed by atoms with Crippen molar-refractivity contribution in [2.45, 2.75) is 0 Å². The van der Waals surface area contributed by atoms with Crippen LogP contribution >= 0.6 is 7.94 Å². The lowest BCUT2D eigenvalue weighted by molar-refractivity contribution is -0.153. The van der Waals surface area contributed by atoms with Gasteiger partial charge < -0.3 is 4.89 Å². The summed E-state index contributed by atoms with van der Waals surface area (Å²) in [5, 5.41) is 7.91. The smallest absolute Gasteiger partial charge is 0.199 e. The molecule has 1 unspecified atom stereocenters. The highest BCUT2D eigenvalue weighted by Crippen LogP contribution is 2.22. The van der Waals surface area contributed by atoms with Gasteiger partial charge in [-0.2, -0.15) is 0 Å². The third kappa shape index (κ3) is 2.12. The minimum Gasteiger partial charge on any atom is -0.608 e. The van der Waals surface area contributed by atoms with E-state index in [-0.39, 0.29) is 0 Å². The van der Waals surface area contributed by atoms with Crippen molar-refractivity contribution in [3.8, 4) is 11.1 Å². The van der Waals surface area contributed by atoms with Crippen LogP contribution in [-0.4, -0.2) is 0 Å². The number of rotatable bonds is 2. The first kappa shape index (κ1) is 10.0. The van der Waals surface area contributed by atoms with E-state index in [4.69, 9.17) is 5.16 Å². The Morgan fingerprint density at radius 3 is 2.13 bits per heavy atom. The van der Waals surface area contributed by atoms with Gasteiger partial charge in [-0.05, 0) is 17.7 Å². The highest BCUT2D eigenvalue weighted by atomic mass is 31.1. The first-order valence-corrected chi connectivity index (χ1v) is 5.88. The molecular formula is C12H10NOP. The molecule has 0 fully saturated rings. The molecule has 2 rings (SSSR count). The molecule has 3 heteroatoms. The normalized spacial score (nSPS) is 11.1. The first-order chi connectivity index (χ1) is 7.29. The summed E-state index contributed by atoms with van der Waals surface area (Å²) in [6.07, 6.45) is 0. The zero-order valence-electron chi connectivity index (χ0n) is 8.05. The van der Waals surface area contributed by atoms with Crippen LogP contribution in [-0.2, 0) is 0 Å². The highest BCUT2D eigenvalue weighted by Gasteiger charge is 2.10. The molecule has 0 bridgehead atoms. The maximum atomic E-state index is 11.3. The molecule has 0 aliphatic rings. The van der Waals surface area contributed by atoms with E-state index in [9.17, 15) is 4.89 Å². The van der Waals surface area contributed by atoms with Gasteiger partial charge >= 0.3 is 0 Å². The molecule has 2 aromatic carbocycles. The predicted octanol–water partition coefficient (Wildman–Crippen LogP) is 2.50. The van der Waals surface area contributed by atoms with E-state index in [0.29, 0.717) is 5.30 Å². The molecule has 2 nitrogen and oxygen atoms in total. The summed E-state index contributed by atoms with van der Waals surface area (Å²) in [7, 11) is -2.04. The van der Waals surface area contributed by atoms with Crippen LogP contribution < -0.4 is 10.2 Å². The monoisotopic (exact) mass is 215 g/mol. The standard InChI is InChI=1S/C12H10NOP/c13-15(14)12-9-5-4-8-11(12)10-6-2-1-3-7-10/h1-9,13H. The third-order valence-corrected chi connectivity index (χ3v) is 3.04. The second-order valence-corrected chi connectivity index (χ2v) is 4.25. The molecule has 0 spiro atoms. The Hall–Kier alpha value is -1.50. The Balaban J connectivity index is 2.58. The quantitative estimate of drug-likeness (QED) is 0.768. The molecule has 0 saturated carbocycles. The molecular weight excluding hydrogens is 205 g/mol. The summed E-state index contributed by atoms with van der Waals surface area (Å²) in [5.74, 6) is 0. The molecule has 1 N–H and O–H groups in total. The molecule has 0 saturated heterocycles. The molecule has 74 valence electrons. The van der Waals surface area contributed by atoms with E-state index in [1.54, 1.807) is 6.07 Å². The van der Waals surface area contributed by atoms with Gasteiger partial charge in [0.1, 0.15) is 0 Å². The van der Waals surface area contributed by atoms with Crippen molar-refractivity contribution in [1.82, 2.24) is 0 Å². The maximum Gasteiger partial charge on any atom is 0.199 e. The molecule has 0 amide bonds. The topological polar surface area (TPSA) is 46.9 Å². The average molecular weight is 215 g/mol. The Bertz CT molecular complexity index is 482. The van der Waals surface area contributed by atoms with Crippen molar-refractivity contribution in [1.29, 1.82) is 5.16 Å². The average Bonchev–Trinajstić information content (AvgIpc) is 2.30. The molecule has 0 aliphatic carbocycles. The zero-order valence-corrected chi connectivity index (χ0v) is 8.95. The predicted molar refractivity (Wildman–Crippen MR) is 61.2 cm³/mol. The van der Waals surface area contributed by atoms with Crippen LogP contribution in [0.4, 0.5) is 0 Å². The first-order valence-electron chi connectivity index (χ1n) is 4.62. The van der Waals surface area contributed by atoms with Crippen molar-refractivity contribution < 1.29 is 4.89 Å². The summed E-state index contributed by atoms with van der Waals surface area (Å²) >= 11 is 0. The van der Waals surface area contributed by atoms with E-state index in [1.807, 2.05) is 48.5 Å². The number of hydrogen-bond donors (Lipinski definition) is 1. The number of hydrogen-bond acceptors (Lipinski definition) is 2. The summed E-state index contributed by atoms with van der Waals surface area (Å²) < 4.78 is 0. The van der Waals surface area contributed by atoms with Gasteiger partial charge in [0, 0.05) is 5.56 Å². The van der Waals surface area contributed by atoms with Crippen LogP contribution in [0.2, 0.25) is 0 Å². The van der Waals surface area contributed by atoms with Crippen LogP contribution in [0.3, 0.4) is 0 Å². The fraction of sp³-hybridized carbons (Fsp3) is 0. The zero-order chi connectivity index (χ0) is 10.7. The Labute approximate surface area is 89.6 Å². The maximum absolute atomic E-state index is 11.3. The fourth-order valence-corrected chi connectivity index (χ4v) is 2.16. The van der Waals surface area contributed by atoms with Gasteiger partial charge in [-0.25, -0.2) is 0 Å². The number of nitrogens with one attached hydrogen (secondary N) is 1. The van der Waals surface area contributed by atoms with Gasteiger partial charge in [-0.15, -0.1) is 5.16 Å². The third-order valence-electron chi connectivity index (χ3n) is 2.21. The molecule has 0 aromatic heterocycles. The second kappa shape index (κ2) is 4.35. The van der Waals surface area contributed by atoms with Gasteiger partial charge in [0.05, 0.1) is 0 Å². The number of benzene rings is 2. The minimum absolute atomic E-state index is 0.596. The van der Waals surface area contributed by atoms with Crippen LogP contribution in [0.1, 0.15) is 0 Å². The van der Waals surface area contributed by atoms with E-state index >= 15 is 0 Å². The Kier molecular flexibility index (Phi) is 2.91. The summed E-state index contributed by atoms with van der Waals surface area (Å²) in [5.41, 5.74) is 1.89. The van der Waals surface area contributed by atoms with Crippen molar-refractivity contribution in [2.24, 2.45) is 0 Å². The SMILES string of the molecule is N=[P+]([O-])c1ccccc1-c1ccccc1. The van der Waals surface area contributed by atoms with Crippen molar-refractivity contribution in [3.63, 3.8) is 0 Å². The molecule has 0 aliphatic heterocycles. The molecule has 0 radical (unpaired) electrons. The Morgan fingerprint density at radius 2 is 1.47 bits per heavy atom. The molecule has 1 atom stereocenters. The lowest BCUT2D eigenvalue weighted by Crippen LogP contribution is -2.06. The van der Waals surface area contributed by atoms with Crippen molar-refractivity contribution in [2.75, 3.05) is 0 Å². The summed E-state index contributed by atoms with van der Waals surface area (Å²) in [4.78, 5) is 11.3. The van der Waals surface area contributed by atoms with Gasteiger partial charge in [0.2, 0.25) is 0 Å². The lowest BCUT2D eigenvalue weighted by Gasteiger charge is -2.03. The largest absolute Gasteiger partial charge is 0.608 e. The van der Waals surface area contributed by atoms with E-state index in [1.165, 1.54) is 0 Å². The summed E-state index contributed by atoms with van der Waals surface area (Å²) in [6, 6.07) is 17.1. The molecule has 0 heterocycles. The minimum atomic E-state index is -2.04. The van der Waals surface area contributed by atoms with Crippen LogP contribution in [0, 0.1) is 5.16 Å². The molecule has 2 aromatic rings. The van der Waals surface area contributed by atoms with Gasteiger partial charge in [0.15, 0.2) is 13.2 Å². The summed E-state index contributed by atoms with van der Waals surface area (Å²) in [6.45, 7) is 0. The van der Waals surface area contributed by atoms with E-state index in [0.717, 1.165) is 11.1 Å². The van der Waals surface area contributed by atoms with Gasteiger partial charge in [-0.1, -0.05) is 42.5 Å². The van der Waals surface area contributed by atoms with Crippen LogP contribution in [0.5, 0.6) is 0 Å². The fourth-order valence-electron chi connectivity index (χ4n) is 1.51. The second-order valence-electron chi connectivity index (χ2n) is 3.18. The van der Waals surface area contributed by atoms with E-state index < -0.39 is 7.94 Å². The highest BCUT2D eigenvalue weighted by molar-refractivity contribution is 7.47. The lowest BCUT2D eigenvalue weighted by atomic mass is 10.1. The molecule has 15 heavy (non-hydrogen) atoms.